The number of aliphatic hydroxyl groups is 1. The van der Waals surface area contributed by atoms with E-state index in [1.807, 2.05) is 36.5 Å². The molecule has 2 aromatic carbocycles. The van der Waals surface area contributed by atoms with Crippen molar-refractivity contribution < 1.29 is 10.1 Å². The second-order valence-electron chi connectivity index (χ2n) is 8.58. The molecule has 0 unspecified atom stereocenters. The van der Waals surface area contributed by atoms with Gasteiger partial charge in [0.05, 0.1) is 30.2 Å². The van der Waals surface area contributed by atoms with Crippen molar-refractivity contribution in [2.45, 2.75) is 6.42 Å². The molecule has 1 aliphatic rings. The van der Waals surface area contributed by atoms with Gasteiger partial charge in [-0.1, -0.05) is 17.1 Å². The largest absolute Gasteiger partial charge is 0.395 e. The van der Waals surface area contributed by atoms with E-state index in [1.165, 1.54) is 5.69 Å². The van der Waals surface area contributed by atoms with Crippen LogP contribution in [0, 0.1) is 11.3 Å². The maximum absolute atomic E-state index is 9.13. The number of rotatable bonds is 8. The first-order valence-electron chi connectivity index (χ1n) is 11.8. The molecule has 0 radical (unpaired) electrons. The van der Waals surface area contributed by atoms with Crippen LogP contribution in [-0.4, -0.2) is 59.3 Å². The standard InChI is InChI=1S/C26H28N8O/c27-10-8-19-2-1-3-21(18-19)29-25-23-9-11-28-24(23)31-26(32-25)30-20-4-6-22(7-5-20)34-14-12-33(13-15-34)16-17-35/h1-7,9,11,18,35H,8,12-17H2,(H3,28,29,30,31,32)/p+1. The summed E-state index contributed by atoms with van der Waals surface area (Å²) in [5.41, 5.74) is 4.82. The van der Waals surface area contributed by atoms with E-state index in [2.05, 4.69) is 60.7 Å². The number of fused-ring (bicyclic) bond motifs is 1. The molecule has 9 nitrogen and oxygen atoms in total. The summed E-state index contributed by atoms with van der Waals surface area (Å²) in [7, 11) is 0. The average molecular weight is 470 g/mol. The Bertz CT molecular complexity index is 1320. The highest BCUT2D eigenvalue weighted by Gasteiger charge is 2.18. The molecule has 0 spiro atoms. The van der Waals surface area contributed by atoms with E-state index in [1.54, 1.807) is 0 Å². The summed E-state index contributed by atoms with van der Waals surface area (Å²) in [6.45, 7) is 4.79. The Balaban J connectivity index is 1.31. The van der Waals surface area contributed by atoms with Gasteiger partial charge < -0.3 is 15.3 Å². The SMILES string of the molecule is N#CCc1cccc(Nc2nc(Nc3ccc(N4CCN(CCO)CC4)cc3)[nH+]c3[nH]ccc23)c1. The molecular weight excluding hydrogens is 440 g/mol. The smallest absolute Gasteiger partial charge is 0.351 e. The second-order valence-corrected chi connectivity index (χ2v) is 8.58. The fourth-order valence-electron chi connectivity index (χ4n) is 4.39. The highest BCUT2D eigenvalue weighted by atomic mass is 16.3. The molecule has 178 valence electrons. The lowest BCUT2D eigenvalue weighted by Crippen LogP contribution is -2.47. The molecule has 1 saturated heterocycles. The number of β-amino-alcohol motifs (C(OH)–C–C–N with tert-alkyl or cyclic N) is 1. The van der Waals surface area contributed by atoms with Gasteiger partial charge in [-0.05, 0) is 48.0 Å². The summed E-state index contributed by atoms with van der Waals surface area (Å²) >= 11 is 0. The fourth-order valence-corrected chi connectivity index (χ4v) is 4.39. The van der Waals surface area contributed by atoms with Gasteiger partial charge in [-0.15, -0.1) is 0 Å². The van der Waals surface area contributed by atoms with Crippen LogP contribution in [0.2, 0.25) is 0 Å². The van der Waals surface area contributed by atoms with Crippen LogP contribution < -0.4 is 20.5 Å². The van der Waals surface area contributed by atoms with E-state index in [-0.39, 0.29) is 6.61 Å². The second kappa shape index (κ2) is 10.4. The van der Waals surface area contributed by atoms with Gasteiger partial charge in [-0.2, -0.15) is 5.26 Å². The van der Waals surface area contributed by atoms with Crippen molar-refractivity contribution in [2.24, 2.45) is 0 Å². The summed E-state index contributed by atoms with van der Waals surface area (Å²) in [5, 5.41) is 25.8. The van der Waals surface area contributed by atoms with Gasteiger partial charge in [0.2, 0.25) is 11.5 Å². The van der Waals surface area contributed by atoms with Crippen LogP contribution >= 0.6 is 0 Å². The molecule has 0 aliphatic carbocycles. The minimum Gasteiger partial charge on any atom is -0.395 e. The van der Waals surface area contributed by atoms with Crippen molar-refractivity contribution in [2.75, 3.05) is 54.9 Å². The lowest BCUT2D eigenvalue weighted by Gasteiger charge is -2.35. The predicted molar refractivity (Wildman–Crippen MR) is 137 cm³/mol. The number of nitriles is 1. The Morgan fingerprint density at radius 2 is 1.86 bits per heavy atom. The first-order valence-corrected chi connectivity index (χ1v) is 11.8. The first-order chi connectivity index (χ1) is 17.2. The average Bonchev–Trinajstić information content (AvgIpc) is 3.35. The zero-order chi connectivity index (χ0) is 24.0. The van der Waals surface area contributed by atoms with Crippen molar-refractivity contribution in [3.8, 4) is 6.07 Å². The van der Waals surface area contributed by atoms with Crippen LogP contribution in [0.4, 0.5) is 28.8 Å². The Kier molecular flexibility index (Phi) is 6.75. The van der Waals surface area contributed by atoms with Crippen LogP contribution in [0.15, 0.2) is 60.8 Å². The van der Waals surface area contributed by atoms with E-state index in [0.717, 1.165) is 60.7 Å². The molecule has 2 aromatic heterocycles. The van der Waals surface area contributed by atoms with Crippen LogP contribution in [0.5, 0.6) is 0 Å². The van der Waals surface area contributed by atoms with E-state index in [9.17, 15) is 0 Å². The quantitative estimate of drug-likeness (QED) is 0.313. The summed E-state index contributed by atoms with van der Waals surface area (Å²) in [6.07, 6.45) is 2.24. The number of aromatic amines is 2. The normalized spacial score (nSPS) is 14.1. The summed E-state index contributed by atoms with van der Waals surface area (Å²) in [5.74, 6) is 1.33. The summed E-state index contributed by atoms with van der Waals surface area (Å²) in [4.78, 5) is 16.0. The highest BCUT2D eigenvalue weighted by molar-refractivity contribution is 5.88. The molecule has 4 aromatic rings. The monoisotopic (exact) mass is 469 g/mol. The topological polar surface area (TPSA) is 117 Å². The number of benzene rings is 2. The number of nitrogens with one attached hydrogen (secondary N) is 4. The Morgan fingerprint density at radius 3 is 2.63 bits per heavy atom. The molecule has 0 amide bonds. The van der Waals surface area contributed by atoms with Crippen LogP contribution in [0.3, 0.4) is 0 Å². The summed E-state index contributed by atoms with van der Waals surface area (Å²) in [6, 6.07) is 20.3. The van der Waals surface area contributed by atoms with E-state index < -0.39 is 0 Å². The zero-order valence-corrected chi connectivity index (χ0v) is 19.5. The van der Waals surface area contributed by atoms with Gasteiger partial charge in [0, 0.05) is 50.3 Å². The molecule has 0 bridgehead atoms. The van der Waals surface area contributed by atoms with E-state index in [4.69, 9.17) is 15.4 Å². The van der Waals surface area contributed by atoms with Gasteiger partial charge in [0.25, 0.3) is 0 Å². The molecule has 1 aliphatic heterocycles. The van der Waals surface area contributed by atoms with Crippen molar-refractivity contribution in [1.29, 1.82) is 5.26 Å². The first kappa shape index (κ1) is 22.7. The highest BCUT2D eigenvalue weighted by Crippen LogP contribution is 2.25. The summed E-state index contributed by atoms with van der Waals surface area (Å²) < 4.78 is 0. The number of aliphatic hydroxyl groups excluding tert-OH is 1. The maximum atomic E-state index is 9.13. The zero-order valence-electron chi connectivity index (χ0n) is 19.5. The van der Waals surface area contributed by atoms with Gasteiger partial charge >= 0.3 is 5.95 Å². The molecule has 5 rings (SSSR count). The number of H-pyrrole nitrogens is 2. The van der Waals surface area contributed by atoms with Gasteiger partial charge in [-0.3, -0.25) is 15.2 Å². The number of hydrogen-bond donors (Lipinski definition) is 4. The number of hydrogen-bond acceptors (Lipinski definition) is 7. The van der Waals surface area contributed by atoms with E-state index in [0.29, 0.717) is 18.2 Å². The molecule has 3 heterocycles. The lowest BCUT2D eigenvalue weighted by molar-refractivity contribution is -0.333. The molecule has 1 fully saturated rings. The number of nitrogens with zero attached hydrogens (tertiary/aromatic N) is 4. The predicted octanol–water partition coefficient (Wildman–Crippen LogP) is 3.04. The van der Waals surface area contributed by atoms with Gasteiger partial charge in [-0.25, -0.2) is 4.98 Å². The molecule has 0 saturated carbocycles. The molecule has 9 heteroatoms. The van der Waals surface area contributed by atoms with Crippen molar-refractivity contribution in [3.05, 3.63) is 66.4 Å². The minimum atomic E-state index is 0.213. The van der Waals surface area contributed by atoms with Gasteiger partial charge in [0.15, 0.2) is 0 Å². The molecule has 0 atom stereocenters. The number of piperazine rings is 1. The Hall–Kier alpha value is -4.13. The Morgan fingerprint density at radius 1 is 1.03 bits per heavy atom. The van der Waals surface area contributed by atoms with Crippen LogP contribution in [0.1, 0.15) is 5.56 Å². The van der Waals surface area contributed by atoms with Gasteiger partial charge in [0.1, 0.15) is 0 Å². The minimum absolute atomic E-state index is 0.213. The third-order valence-electron chi connectivity index (χ3n) is 6.23. The maximum Gasteiger partial charge on any atom is 0.351 e. The molecular formula is C26H29N8O+. The number of aromatic nitrogens is 3. The van der Waals surface area contributed by atoms with E-state index >= 15 is 0 Å². The lowest BCUT2D eigenvalue weighted by atomic mass is 10.1. The molecule has 5 N–H and O–H groups in total. The third-order valence-corrected chi connectivity index (χ3v) is 6.23. The molecule has 35 heavy (non-hydrogen) atoms. The Labute approximate surface area is 204 Å². The van der Waals surface area contributed by atoms with Crippen LogP contribution in [0.25, 0.3) is 11.0 Å². The van der Waals surface area contributed by atoms with Crippen molar-refractivity contribution >= 4 is 39.9 Å². The van der Waals surface area contributed by atoms with Crippen LogP contribution in [-0.2, 0) is 6.42 Å². The van der Waals surface area contributed by atoms with Crippen molar-refractivity contribution in [3.63, 3.8) is 0 Å². The number of anilines is 5. The van der Waals surface area contributed by atoms with Crippen molar-refractivity contribution in [1.82, 2.24) is 14.9 Å². The third kappa shape index (κ3) is 5.35. The fraction of sp³-hybridized carbons (Fsp3) is 0.269.